The molecule has 0 saturated carbocycles. The standard InChI is InChI=1S/C21H17NO3S/c1-25-20-12-14-21(15-13-20)26(23,24)22-19-9-5-8-18(16-19)11-10-17-6-3-2-4-7-17/h2-9,12-16,22H,1H3. The van der Waals surface area contributed by atoms with Crippen LogP contribution >= 0.6 is 0 Å². The van der Waals surface area contributed by atoms with Crippen LogP contribution in [0.2, 0.25) is 0 Å². The summed E-state index contributed by atoms with van der Waals surface area (Å²) < 4.78 is 32.6. The highest BCUT2D eigenvalue weighted by molar-refractivity contribution is 7.92. The monoisotopic (exact) mass is 363 g/mol. The first-order valence-corrected chi connectivity index (χ1v) is 9.39. The van der Waals surface area contributed by atoms with E-state index in [4.69, 9.17) is 4.74 Å². The number of benzene rings is 3. The molecular weight excluding hydrogens is 346 g/mol. The van der Waals surface area contributed by atoms with Crippen LogP contribution in [0.1, 0.15) is 11.1 Å². The molecule has 0 spiro atoms. The van der Waals surface area contributed by atoms with E-state index in [0.717, 1.165) is 11.1 Å². The van der Waals surface area contributed by atoms with Crippen LogP contribution in [0.3, 0.4) is 0 Å². The van der Waals surface area contributed by atoms with Gasteiger partial charge in [0.1, 0.15) is 5.75 Å². The molecule has 0 radical (unpaired) electrons. The fourth-order valence-electron chi connectivity index (χ4n) is 2.30. The van der Waals surface area contributed by atoms with Gasteiger partial charge in [0.25, 0.3) is 10.0 Å². The van der Waals surface area contributed by atoms with Crippen molar-refractivity contribution in [3.63, 3.8) is 0 Å². The highest BCUT2D eigenvalue weighted by Gasteiger charge is 2.14. The summed E-state index contributed by atoms with van der Waals surface area (Å²) in [6, 6.07) is 22.8. The summed E-state index contributed by atoms with van der Waals surface area (Å²) >= 11 is 0. The van der Waals surface area contributed by atoms with Gasteiger partial charge in [-0.25, -0.2) is 8.42 Å². The lowest BCUT2D eigenvalue weighted by molar-refractivity contribution is 0.414. The first-order valence-electron chi connectivity index (χ1n) is 7.91. The summed E-state index contributed by atoms with van der Waals surface area (Å²) in [5.41, 5.74) is 2.08. The summed E-state index contributed by atoms with van der Waals surface area (Å²) in [7, 11) is -2.14. The maximum atomic E-state index is 12.5. The fourth-order valence-corrected chi connectivity index (χ4v) is 3.34. The van der Waals surface area contributed by atoms with E-state index in [0.29, 0.717) is 11.4 Å². The molecule has 0 bridgehead atoms. The maximum Gasteiger partial charge on any atom is 0.261 e. The lowest BCUT2D eigenvalue weighted by Gasteiger charge is -2.09. The number of anilines is 1. The van der Waals surface area contributed by atoms with Crippen molar-refractivity contribution in [2.75, 3.05) is 11.8 Å². The van der Waals surface area contributed by atoms with E-state index in [-0.39, 0.29) is 4.90 Å². The van der Waals surface area contributed by atoms with Gasteiger partial charge in [0.15, 0.2) is 0 Å². The van der Waals surface area contributed by atoms with E-state index in [1.54, 1.807) is 30.3 Å². The number of methoxy groups -OCH3 is 1. The van der Waals surface area contributed by atoms with Crippen LogP contribution < -0.4 is 9.46 Å². The molecule has 26 heavy (non-hydrogen) atoms. The maximum absolute atomic E-state index is 12.5. The van der Waals surface area contributed by atoms with Crippen molar-refractivity contribution >= 4 is 15.7 Å². The molecule has 4 nitrogen and oxygen atoms in total. The highest BCUT2D eigenvalue weighted by Crippen LogP contribution is 2.19. The molecule has 0 aliphatic rings. The number of nitrogens with one attached hydrogen (secondary N) is 1. The molecule has 1 N–H and O–H groups in total. The summed E-state index contributed by atoms with van der Waals surface area (Å²) in [6.07, 6.45) is 0. The second-order valence-corrected chi connectivity index (χ2v) is 7.16. The molecule has 0 aliphatic carbocycles. The Morgan fingerprint density at radius 2 is 1.46 bits per heavy atom. The van der Waals surface area contributed by atoms with Crippen molar-refractivity contribution in [1.82, 2.24) is 0 Å². The van der Waals surface area contributed by atoms with Crippen LogP contribution in [0, 0.1) is 11.8 Å². The number of ether oxygens (including phenoxy) is 1. The average molecular weight is 363 g/mol. The van der Waals surface area contributed by atoms with Crippen LogP contribution in [0.25, 0.3) is 0 Å². The molecular formula is C21H17NO3S. The van der Waals surface area contributed by atoms with Gasteiger partial charge in [-0.15, -0.1) is 0 Å². The summed E-state index contributed by atoms with van der Waals surface area (Å²) in [6.45, 7) is 0. The van der Waals surface area contributed by atoms with Gasteiger partial charge >= 0.3 is 0 Å². The van der Waals surface area contributed by atoms with Crippen molar-refractivity contribution < 1.29 is 13.2 Å². The molecule has 0 aliphatic heterocycles. The second kappa shape index (κ2) is 7.77. The molecule has 0 heterocycles. The smallest absolute Gasteiger partial charge is 0.261 e. The van der Waals surface area contributed by atoms with Crippen LogP contribution in [-0.2, 0) is 10.0 Å². The molecule has 0 amide bonds. The highest BCUT2D eigenvalue weighted by atomic mass is 32.2. The van der Waals surface area contributed by atoms with Crippen molar-refractivity contribution in [1.29, 1.82) is 0 Å². The third-order valence-electron chi connectivity index (χ3n) is 3.61. The number of hydrogen-bond donors (Lipinski definition) is 1. The molecule has 3 aromatic carbocycles. The van der Waals surface area contributed by atoms with Crippen LogP contribution in [0.5, 0.6) is 5.75 Å². The van der Waals surface area contributed by atoms with Gasteiger partial charge in [-0.3, -0.25) is 4.72 Å². The molecule has 3 aromatic rings. The Kier molecular flexibility index (Phi) is 5.26. The Bertz CT molecular complexity index is 1050. The minimum atomic E-state index is -3.68. The third kappa shape index (κ3) is 4.44. The Morgan fingerprint density at radius 1 is 0.808 bits per heavy atom. The predicted molar refractivity (Wildman–Crippen MR) is 103 cm³/mol. The van der Waals surface area contributed by atoms with Gasteiger partial charge in [0.2, 0.25) is 0 Å². The molecule has 130 valence electrons. The van der Waals surface area contributed by atoms with Crippen molar-refractivity contribution in [3.8, 4) is 17.6 Å². The van der Waals surface area contributed by atoms with E-state index in [1.165, 1.54) is 19.2 Å². The summed E-state index contributed by atoms with van der Waals surface area (Å²) in [4.78, 5) is 0.166. The first-order chi connectivity index (χ1) is 12.6. The van der Waals surface area contributed by atoms with Crippen molar-refractivity contribution in [2.24, 2.45) is 0 Å². The van der Waals surface area contributed by atoms with Crippen LogP contribution in [0.4, 0.5) is 5.69 Å². The Labute approximate surface area is 153 Å². The van der Waals surface area contributed by atoms with Gasteiger partial charge < -0.3 is 4.74 Å². The minimum Gasteiger partial charge on any atom is -0.497 e. The topological polar surface area (TPSA) is 55.4 Å². The predicted octanol–water partition coefficient (Wildman–Crippen LogP) is 3.90. The van der Waals surface area contributed by atoms with Crippen molar-refractivity contribution in [2.45, 2.75) is 4.90 Å². The summed E-state index contributed by atoms with van der Waals surface area (Å²) in [5.74, 6) is 6.69. The Balaban J connectivity index is 1.80. The second-order valence-electron chi connectivity index (χ2n) is 5.48. The van der Waals surface area contributed by atoms with Crippen LogP contribution in [0.15, 0.2) is 83.8 Å². The third-order valence-corrected chi connectivity index (χ3v) is 5.01. The molecule has 5 heteroatoms. The summed E-state index contributed by atoms with van der Waals surface area (Å²) in [5, 5.41) is 0. The lowest BCUT2D eigenvalue weighted by Crippen LogP contribution is -2.12. The van der Waals surface area contributed by atoms with E-state index in [2.05, 4.69) is 16.6 Å². The quantitative estimate of drug-likeness (QED) is 0.716. The molecule has 0 atom stereocenters. The van der Waals surface area contributed by atoms with Gasteiger partial charge in [0.05, 0.1) is 17.7 Å². The largest absolute Gasteiger partial charge is 0.497 e. The number of sulfonamides is 1. The zero-order valence-electron chi connectivity index (χ0n) is 14.1. The lowest BCUT2D eigenvalue weighted by atomic mass is 10.2. The average Bonchev–Trinajstić information content (AvgIpc) is 2.67. The molecule has 0 aromatic heterocycles. The molecule has 3 rings (SSSR count). The normalized spacial score (nSPS) is 10.5. The Morgan fingerprint density at radius 3 is 2.15 bits per heavy atom. The van der Waals surface area contributed by atoms with Gasteiger partial charge in [-0.2, -0.15) is 0 Å². The minimum absolute atomic E-state index is 0.166. The van der Waals surface area contributed by atoms with Crippen LogP contribution in [-0.4, -0.2) is 15.5 Å². The van der Waals surface area contributed by atoms with E-state index in [1.807, 2.05) is 36.4 Å². The molecule has 0 saturated heterocycles. The van der Waals surface area contributed by atoms with Gasteiger partial charge in [0, 0.05) is 11.1 Å². The fraction of sp³-hybridized carbons (Fsp3) is 0.0476. The SMILES string of the molecule is COc1ccc(S(=O)(=O)Nc2cccc(C#Cc3ccccc3)c2)cc1. The van der Waals surface area contributed by atoms with Gasteiger partial charge in [-0.1, -0.05) is 36.1 Å². The number of hydrogen-bond acceptors (Lipinski definition) is 3. The van der Waals surface area contributed by atoms with E-state index >= 15 is 0 Å². The molecule has 0 fully saturated rings. The zero-order chi connectivity index (χ0) is 18.4. The van der Waals surface area contributed by atoms with Gasteiger partial charge in [-0.05, 0) is 54.6 Å². The van der Waals surface area contributed by atoms with E-state index < -0.39 is 10.0 Å². The number of rotatable bonds is 4. The van der Waals surface area contributed by atoms with Crippen molar-refractivity contribution in [3.05, 3.63) is 90.0 Å². The molecule has 0 unspecified atom stereocenters. The first kappa shape index (κ1) is 17.6. The van der Waals surface area contributed by atoms with E-state index in [9.17, 15) is 8.42 Å². The zero-order valence-corrected chi connectivity index (χ0v) is 15.0. The Hall–Kier alpha value is -3.23.